The lowest BCUT2D eigenvalue weighted by molar-refractivity contribution is -0.155. The molecule has 0 amide bonds. The standard InChI is InChI=1S/C20H28BClN2O4/c1-18(2,3)26-16(25)10-11-24-12-13-15(23-24)9-8-14(17(13)22)21-27-19(4,5)20(6,7)28-21/h8-9,12H,10-11H2,1-7H3. The highest BCUT2D eigenvalue weighted by Gasteiger charge is 2.52. The van der Waals surface area contributed by atoms with Crippen LogP contribution in [0.2, 0.25) is 5.02 Å². The molecule has 0 spiro atoms. The zero-order chi connectivity index (χ0) is 20.9. The van der Waals surface area contributed by atoms with E-state index in [-0.39, 0.29) is 12.4 Å². The van der Waals surface area contributed by atoms with Crippen LogP contribution in [0, 0.1) is 0 Å². The van der Waals surface area contributed by atoms with Crippen LogP contribution in [0.4, 0.5) is 0 Å². The van der Waals surface area contributed by atoms with E-state index in [2.05, 4.69) is 5.10 Å². The second kappa shape index (κ2) is 7.04. The van der Waals surface area contributed by atoms with E-state index < -0.39 is 23.9 Å². The SMILES string of the molecule is CC(C)(C)OC(=O)CCn1cc2c(Cl)c(B3OC(C)(C)C(C)(C)O3)ccc2n1. The zero-order valence-corrected chi connectivity index (χ0v) is 18.4. The van der Waals surface area contributed by atoms with E-state index in [1.165, 1.54) is 0 Å². The Balaban J connectivity index is 1.79. The fourth-order valence-electron chi connectivity index (χ4n) is 2.99. The van der Waals surface area contributed by atoms with Crippen LogP contribution in [-0.4, -0.2) is 39.7 Å². The van der Waals surface area contributed by atoms with Gasteiger partial charge in [0.2, 0.25) is 0 Å². The van der Waals surface area contributed by atoms with Crippen LogP contribution >= 0.6 is 11.6 Å². The van der Waals surface area contributed by atoms with E-state index in [1.807, 2.05) is 66.8 Å². The second-order valence-electron chi connectivity index (χ2n) is 9.22. The number of rotatable bonds is 4. The summed E-state index contributed by atoms with van der Waals surface area (Å²) in [7, 11) is -0.535. The summed E-state index contributed by atoms with van der Waals surface area (Å²) in [6, 6.07) is 3.78. The third-order valence-electron chi connectivity index (χ3n) is 5.17. The topological polar surface area (TPSA) is 62.6 Å². The molecule has 1 aliphatic heterocycles. The van der Waals surface area contributed by atoms with Crippen molar-refractivity contribution in [3.05, 3.63) is 23.4 Å². The highest BCUT2D eigenvalue weighted by atomic mass is 35.5. The molecule has 1 aromatic heterocycles. The molecular formula is C20H28BClN2O4. The van der Waals surface area contributed by atoms with Crippen molar-refractivity contribution in [3.8, 4) is 0 Å². The summed E-state index contributed by atoms with van der Waals surface area (Å²) < 4.78 is 19.3. The molecule has 0 atom stereocenters. The summed E-state index contributed by atoms with van der Waals surface area (Å²) in [6.45, 7) is 14.0. The van der Waals surface area contributed by atoms with Gasteiger partial charge in [0.1, 0.15) is 5.60 Å². The third-order valence-corrected chi connectivity index (χ3v) is 5.59. The number of hydrogen-bond donors (Lipinski definition) is 0. The lowest BCUT2D eigenvalue weighted by atomic mass is 9.78. The van der Waals surface area contributed by atoms with E-state index in [9.17, 15) is 4.79 Å². The zero-order valence-electron chi connectivity index (χ0n) is 17.6. The molecule has 152 valence electrons. The lowest BCUT2D eigenvalue weighted by Gasteiger charge is -2.32. The van der Waals surface area contributed by atoms with Gasteiger partial charge in [-0.2, -0.15) is 5.10 Å². The van der Waals surface area contributed by atoms with Gasteiger partial charge in [-0.3, -0.25) is 9.48 Å². The van der Waals surface area contributed by atoms with Gasteiger partial charge in [-0.25, -0.2) is 0 Å². The molecule has 1 aliphatic rings. The lowest BCUT2D eigenvalue weighted by Crippen LogP contribution is -2.41. The Bertz CT molecular complexity index is 885. The molecule has 2 aromatic rings. The smallest absolute Gasteiger partial charge is 0.460 e. The van der Waals surface area contributed by atoms with E-state index in [0.29, 0.717) is 11.6 Å². The van der Waals surface area contributed by atoms with Crippen molar-refractivity contribution in [3.63, 3.8) is 0 Å². The minimum atomic E-state index is -0.535. The molecule has 8 heteroatoms. The van der Waals surface area contributed by atoms with E-state index in [4.69, 9.17) is 25.6 Å². The van der Waals surface area contributed by atoms with Crippen LogP contribution in [0.25, 0.3) is 10.9 Å². The first-order chi connectivity index (χ1) is 12.8. The maximum Gasteiger partial charge on any atom is 0.496 e. The van der Waals surface area contributed by atoms with Crippen LogP contribution in [-0.2, 0) is 25.4 Å². The normalized spacial score (nSPS) is 18.6. The fourth-order valence-corrected chi connectivity index (χ4v) is 3.29. The molecule has 2 heterocycles. The number of fused-ring (bicyclic) bond motifs is 1. The van der Waals surface area contributed by atoms with E-state index in [1.54, 1.807) is 4.68 Å². The maximum atomic E-state index is 11.9. The average molecular weight is 407 g/mol. The van der Waals surface area contributed by atoms with Crippen molar-refractivity contribution in [1.82, 2.24) is 9.78 Å². The predicted molar refractivity (Wildman–Crippen MR) is 111 cm³/mol. The largest absolute Gasteiger partial charge is 0.496 e. The summed E-state index contributed by atoms with van der Waals surface area (Å²) in [4.78, 5) is 11.9. The molecule has 3 rings (SSSR count). The van der Waals surface area contributed by atoms with Crippen molar-refractivity contribution in [1.29, 1.82) is 0 Å². The van der Waals surface area contributed by atoms with Gasteiger partial charge in [0.25, 0.3) is 0 Å². The monoisotopic (exact) mass is 406 g/mol. The fraction of sp³-hybridized carbons (Fsp3) is 0.600. The molecule has 1 saturated heterocycles. The maximum absolute atomic E-state index is 11.9. The molecule has 0 N–H and O–H groups in total. The highest BCUT2D eigenvalue weighted by Crippen LogP contribution is 2.37. The second-order valence-corrected chi connectivity index (χ2v) is 9.60. The number of nitrogens with zero attached hydrogens (tertiary/aromatic N) is 2. The minimum absolute atomic E-state index is 0.243. The van der Waals surface area contributed by atoms with Gasteiger partial charge in [0.15, 0.2) is 0 Å². The highest BCUT2D eigenvalue weighted by molar-refractivity contribution is 6.66. The number of carbonyl (C=O) groups is 1. The van der Waals surface area contributed by atoms with Crippen molar-refractivity contribution in [2.45, 2.75) is 78.2 Å². The molecule has 0 bridgehead atoms. The van der Waals surface area contributed by atoms with Gasteiger partial charge in [0.05, 0.1) is 34.7 Å². The molecule has 0 aliphatic carbocycles. The number of aromatic nitrogens is 2. The summed E-state index contributed by atoms with van der Waals surface area (Å²) >= 11 is 6.67. The molecular weight excluding hydrogens is 378 g/mol. The van der Waals surface area contributed by atoms with Crippen molar-refractivity contribution in [2.75, 3.05) is 0 Å². The summed E-state index contributed by atoms with van der Waals surface area (Å²) in [5.74, 6) is -0.254. The Kier molecular flexibility index (Phi) is 5.32. The molecule has 0 radical (unpaired) electrons. The molecule has 28 heavy (non-hydrogen) atoms. The average Bonchev–Trinajstić information content (AvgIpc) is 3.03. The number of ether oxygens (including phenoxy) is 1. The summed E-state index contributed by atoms with van der Waals surface area (Å²) in [5, 5.41) is 5.87. The first-order valence-electron chi connectivity index (χ1n) is 9.52. The van der Waals surface area contributed by atoms with Gasteiger partial charge < -0.3 is 14.0 Å². The summed E-state index contributed by atoms with van der Waals surface area (Å²) in [6.07, 6.45) is 2.09. The van der Waals surface area contributed by atoms with E-state index in [0.717, 1.165) is 16.4 Å². The Labute approximate surface area is 171 Å². The predicted octanol–water partition coefficient (Wildman–Crippen LogP) is 3.72. The van der Waals surface area contributed by atoms with Gasteiger partial charge in [-0.15, -0.1) is 0 Å². The number of esters is 1. The van der Waals surface area contributed by atoms with Gasteiger partial charge in [-0.05, 0) is 54.5 Å². The van der Waals surface area contributed by atoms with Crippen LogP contribution in [0.15, 0.2) is 18.3 Å². The van der Waals surface area contributed by atoms with E-state index >= 15 is 0 Å². The first-order valence-corrected chi connectivity index (χ1v) is 9.90. The van der Waals surface area contributed by atoms with Gasteiger partial charge in [-0.1, -0.05) is 17.7 Å². The Morgan fingerprint density at radius 3 is 2.39 bits per heavy atom. The summed E-state index contributed by atoms with van der Waals surface area (Å²) in [5.41, 5.74) is 0.169. The van der Waals surface area contributed by atoms with Crippen LogP contribution < -0.4 is 5.46 Å². The Hall–Kier alpha value is -1.57. The van der Waals surface area contributed by atoms with Crippen molar-refractivity contribution < 1.29 is 18.8 Å². The van der Waals surface area contributed by atoms with Crippen LogP contribution in [0.5, 0.6) is 0 Å². The third kappa shape index (κ3) is 4.21. The number of aryl methyl sites for hydroxylation is 1. The molecule has 6 nitrogen and oxygen atoms in total. The van der Waals surface area contributed by atoms with Crippen LogP contribution in [0.1, 0.15) is 54.9 Å². The Morgan fingerprint density at radius 2 is 1.82 bits per heavy atom. The van der Waals surface area contributed by atoms with Gasteiger partial charge in [0, 0.05) is 17.0 Å². The van der Waals surface area contributed by atoms with Crippen LogP contribution in [0.3, 0.4) is 0 Å². The van der Waals surface area contributed by atoms with Crippen molar-refractivity contribution in [2.24, 2.45) is 0 Å². The molecule has 1 aromatic carbocycles. The molecule has 0 saturated carbocycles. The number of benzene rings is 1. The number of carbonyl (C=O) groups excluding carboxylic acids is 1. The van der Waals surface area contributed by atoms with Gasteiger partial charge >= 0.3 is 13.1 Å². The quantitative estimate of drug-likeness (QED) is 0.572. The number of hydrogen-bond acceptors (Lipinski definition) is 5. The number of halogens is 1. The minimum Gasteiger partial charge on any atom is -0.460 e. The Morgan fingerprint density at radius 1 is 1.21 bits per heavy atom. The van der Waals surface area contributed by atoms with Crippen molar-refractivity contribution >= 4 is 41.1 Å². The molecule has 0 unspecified atom stereocenters. The first kappa shape index (κ1) is 21.2. The molecule has 1 fully saturated rings.